The van der Waals surface area contributed by atoms with Gasteiger partial charge in [0.2, 0.25) is 0 Å². The van der Waals surface area contributed by atoms with E-state index in [0.29, 0.717) is 6.42 Å². The molecule has 104 valence electrons. The third-order valence-electron chi connectivity index (χ3n) is 4.49. The van der Waals surface area contributed by atoms with Crippen LogP contribution in [0.1, 0.15) is 64.2 Å². The Bertz CT molecular complexity index is 524. The molecule has 0 saturated carbocycles. The van der Waals surface area contributed by atoms with Gasteiger partial charge in [-0.15, -0.1) is 0 Å². The average molecular weight is 260 g/mol. The van der Waals surface area contributed by atoms with Crippen molar-refractivity contribution in [2.24, 2.45) is 0 Å². The summed E-state index contributed by atoms with van der Waals surface area (Å²) in [5.74, 6) is 0.350. The molecule has 1 N–H and O–H groups in total. The Kier molecular flexibility index (Phi) is 3.24. The number of ketones is 1. The van der Waals surface area contributed by atoms with Gasteiger partial charge in [0.15, 0.2) is 0 Å². The summed E-state index contributed by atoms with van der Waals surface area (Å²) < 4.78 is 0. The number of rotatable bonds is 2. The molecule has 2 heteroatoms. The highest BCUT2D eigenvalue weighted by Crippen LogP contribution is 2.47. The van der Waals surface area contributed by atoms with E-state index >= 15 is 0 Å². The van der Waals surface area contributed by atoms with Crippen LogP contribution in [0.5, 0.6) is 5.75 Å². The second-order valence-electron chi connectivity index (χ2n) is 7.17. The number of hydrogen-bond donors (Lipinski definition) is 1. The molecule has 0 amide bonds. The van der Waals surface area contributed by atoms with Gasteiger partial charge in [0, 0.05) is 12.0 Å². The number of phenols is 1. The topological polar surface area (TPSA) is 37.3 Å². The minimum absolute atomic E-state index is 0.0862. The van der Waals surface area contributed by atoms with E-state index in [9.17, 15) is 9.90 Å². The van der Waals surface area contributed by atoms with Crippen molar-refractivity contribution in [1.82, 2.24) is 0 Å². The van der Waals surface area contributed by atoms with Crippen molar-refractivity contribution in [1.29, 1.82) is 0 Å². The third kappa shape index (κ3) is 2.54. The molecule has 2 rings (SSSR count). The summed E-state index contributed by atoms with van der Waals surface area (Å²) in [6.07, 6.45) is 2.57. The van der Waals surface area contributed by atoms with E-state index in [0.717, 1.165) is 18.4 Å². The first-order chi connectivity index (χ1) is 8.63. The molecule has 1 aliphatic rings. The molecule has 0 atom stereocenters. The highest BCUT2D eigenvalue weighted by atomic mass is 16.3. The molecule has 0 spiro atoms. The first-order valence-electron chi connectivity index (χ1n) is 7.00. The van der Waals surface area contributed by atoms with Gasteiger partial charge in [-0.3, -0.25) is 4.79 Å². The van der Waals surface area contributed by atoms with Gasteiger partial charge in [-0.25, -0.2) is 0 Å². The van der Waals surface area contributed by atoms with Gasteiger partial charge in [-0.05, 0) is 47.8 Å². The highest BCUT2D eigenvalue weighted by Gasteiger charge is 2.37. The Morgan fingerprint density at radius 1 is 1.11 bits per heavy atom. The molecule has 0 radical (unpaired) electrons. The van der Waals surface area contributed by atoms with Crippen LogP contribution >= 0.6 is 0 Å². The first-order valence-corrected chi connectivity index (χ1v) is 7.00. The number of carbonyl (C=O) groups excluding carboxylic acids is 1. The van der Waals surface area contributed by atoms with Crippen molar-refractivity contribution in [3.8, 4) is 5.75 Å². The monoisotopic (exact) mass is 260 g/mol. The van der Waals surface area contributed by atoms with E-state index in [-0.39, 0.29) is 22.4 Å². The molecule has 0 fully saturated rings. The number of Topliss-reactive ketones (excluding diaryl/α,β-unsaturated/α-hetero) is 1. The van der Waals surface area contributed by atoms with Crippen molar-refractivity contribution in [2.45, 2.75) is 64.7 Å². The second kappa shape index (κ2) is 4.36. The predicted octanol–water partition coefficient (Wildman–Crippen LogP) is 3.87. The van der Waals surface area contributed by atoms with Gasteiger partial charge in [0.25, 0.3) is 0 Å². The molecular weight excluding hydrogens is 236 g/mol. The number of aromatic hydroxyl groups is 1. The third-order valence-corrected chi connectivity index (χ3v) is 4.49. The maximum absolute atomic E-state index is 11.3. The van der Waals surface area contributed by atoms with Crippen LogP contribution in [0.15, 0.2) is 12.1 Å². The van der Waals surface area contributed by atoms with Crippen LogP contribution in [0.3, 0.4) is 0 Å². The van der Waals surface area contributed by atoms with Gasteiger partial charge in [0.1, 0.15) is 11.5 Å². The number of hydrogen-bond acceptors (Lipinski definition) is 2. The summed E-state index contributed by atoms with van der Waals surface area (Å²) in [6.45, 7) is 10.5. The molecule has 0 bridgehead atoms. The summed E-state index contributed by atoms with van der Waals surface area (Å²) in [5, 5.41) is 10.2. The number of carbonyl (C=O) groups is 1. The Balaban J connectivity index is 2.61. The van der Waals surface area contributed by atoms with E-state index in [1.54, 1.807) is 6.92 Å². The summed E-state index contributed by atoms with van der Waals surface area (Å²) in [7, 11) is 0. The normalized spacial score (nSPS) is 19.8. The van der Waals surface area contributed by atoms with Crippen LogP contribution in [0, 0.1) is 0 Å². The fraction of sp³-hybridized carbons (Fsp3) is 0.588. The zero-order valence-electron chi connectivity index (χ0n) is 12.6. The predicted molar refractivity (Wildman–Crippen MR) is 77.8 cm³/mol. The van der Waals surface area contributed by atoms with Crippen LogP contribution in [0.2, 0.25) is 0 Å². The van der Waals surface area contributed by atoms with E-state index in [1.807, 2.05) is 12.1 Å². The lowest BCUT2D eigenvalue weighted by Crippen LogP contribution is -2.34. The van der Waals surface area contributed by atoms with Crippen molar-refractivity contribution in [3.63, 3.8) is 0 Å². The molecule has 2 nitrogen and oxygen atoms in total. The van der Waals surface area contributed by atoms with Crippen LogP contribution in [0.25, 0.3) is 0 Å². The van der Waals surface area contributed by atoms with E-state index in [2.05, 4.69) is 27.7 Å². The molecule has 0 unspecified atom stereocenters. The molecule has 1 aliphatic carbocycles. The Morgan fingerprint density at radius 3 is 2.05 bits per heavy atom. The average Bonchev–Trinajstić information content (AvgIpc) is 2.26. The summed E-state index contributed by atoms with van der Waals surface area (Å²) in [4.78, 5) is 11.3. The Morgan fingerprint density at radius 2 is 1.58 bits per heavy atom. The van der Waals surface area contributed by atoms with E-state index < -0.39 is 0 Å². The highest BCUT2D eigenvalue weighted by molar-refractivity contribution is 5.79. The number of fused-ring (bicyclic) bond motifs is 1. The molecule has 0 aromatic heterocycles. The molecule has 19 heavy (non-hydrogen) atoms. The lowest BCUT2D eigenvalue weighted by Gasteiger charge is -2.42. The minimum Gasteiger partial charge on any atom is -0.508 e. The van der Waals surface area contributed by atoms with Crippen LogP contribution in [-0.2, 0) is 22.0 Å². The maximum atomic E-state index is 11.3. The molecule has 0 saturated heterocycles. The fourth-order valence-electron chi connectivity index (χ4n) is 3.06. The SMILES string of the molecule is CC(=O)Cc1cc2c(cc1O)C(C)(C)CCC2(C)C. The summed E-state index contributed by atoms with van der Waals surface area (Å²) >= 11 is 0. The molecule has 0 aliphatic heterocycles. The van der Waals surface area contributed by atoms with E-state index in [1.165, 1.54) is 11.1 Å². The first kappa shape index (κ1) is 14.1. The molecule has 1 aromatic rings. The summed E-state index contributed by atoms with van der Waals surface area (Å²) in [6, 6.07) is 3.93. The van der Waals surface area contributed by atoms with Gasteiger partial charge in [-0.2, -0.15) is 0 Å². The second-order valence-corrected chi connectivity index (χ2v) is 7.17. The minimum atomic E-state index is 0.0862. The van der Waals surface area contributed by atoms with Crippen LogP contribution < -0.4 is 0 Å². The Labute approximate surface area is 115 Å². The van der Waals surface area contributed by atoms with E-state index in [4.69, 9.17) is 0 Å². The number of benzene rings is 1. The Hall–Kier alpha value is -1.31. The quantitative estimate of drug-likeness (QED) is 0.876. The lowest BCUT2D eigenvalue weighted by molar-refractivity contribution is -0.116. The fourth-order valence-corrected chi connectivity index (χ4v) is 3.06. The van der Waals surface area contributed by atoms with Crippen molar-refractivity contribution in [3.05, 3.63) is 28.8 Å². The van der Waals surface area contributed by atoms with Crippen molar-refractivity contribution in [2.75, 3.05) is 0 Å². The summed E-state index contributed by atoms with van der Waals surface area (Å²) in [5.41, 5.74) is 3.49. The molecule has 1 aromatic carbocycles. The van der Waals surface area contributed by atoms with Crippen molar-refractivity contribution < 1.29 is 9.90 Å². The zero-order valence-corrected chi connectivity index (χ0v) is 12.6. The van der Waals surface area contributed by atoms with Crippen molar-refractivity contribution >= 4 is 5.78 Å². The smallest absolute Gasteiger partial charge is 0.134 e. The standard InChI is InChI=1S/C17H24O2/c1-11(18)8-12-9-13-14(10-15(12)19)17(4,5)7-6-16(13,2)3/h9-10,19H,6-8H2,1-5H3. The lowest BCUT2D eigenvalue weighted by atomic mass is 9.63. The largest absolute Gasteiger partial charge is 0.508 e. The van der Waals surface area contributed by atoms with Gasteiger partial charge >= 0.3 is 0 Å². The maximum Gasteiger partial charge on any atom is 0.134 e. The van der Waals surface area contributed by atoms with Crippen LogP contribution in [-0.4, -0.2) is 10.9 Å². The molecular formula is C17H24O2. The zero-order chi connectivity index (χ0) is 14.4. The molecule has 0 heterocycles. The van der Waals surface area contributed by atoms with Crippen LogP contribution in [0.4, 0.5) is 0 Å². The van der Waals surface area contributed by atoms with Gasteiger partial charge < -0.3 is 5.11 Å². The van der Waals surface area contributed by atoms with Gasteiger partial charge in [0.05, 0.1) is 0 Å². The van der Waals surface area contributed by atoms with Gasteiger partial charge in [-0.1, -0.05) is 33.8 Å². The number of phenolic OH excluding ortho intramolecular Hbond substituents is 1.